The SMILES string of the molecule is O=C(NCc1nc2ccccc2n1CC(=O)N1CCCCC1)C1CC1. The van der Waals surface area contributed by atoms with Crippen LogP contribution in [-0.4, -0.2) is 39.4 Å². The summed E-state index contributed by atoms with van der Waals surface area (Å²) < 4.78 is 1.96. The number of nitrogens with zero attached hydrogens (tertiary/aromatic N) is 3. The molecule has 0 bridgehead atoms. The van der Waals surface area contributed by atoms with Gasteiger partial charge >= 0.3 is 0 Å². The van der Waals surface area contributed by atoms with Crippen molar-refractivity contribution < 1.29 is 9.59 Å². The van der Waals surface area contributed by atoms with E-state index in [4.69, 9.17) is 0 Å². The van der Waals surface area contributed by atoms with Gasteiger partial charge in [0.1, 0.15) is 12.4 Å². The number of benzene rings is 1. The van der Waals surface area contributed by atoms with Crippen molar-refractivity contribution in [3.05, 3.63) is 30.1 Å². The van der Waals surface area contributed by atoms with E-state index in [0.717, 1.165) is 55.6 Å². The Labute approximate surface area is 147 Å². The zero-order chi connectivity index (χ0) is 17.2. The zero-order valence-electron chi connectivity index (χ0n) is 14.4. The fourth-order valence-electron chi connectivity index (χ4n) is 3.47. The number of para-hydroxylation sites is 2. The van der Waals surface area contributed by atoms with Crippen LogP contribution in [0.25, 0.3) is 11.0 Å². The summed E-state index contributed by atoms with van der Waals surface area (Å²) in [7, 11) is 0. The van der Waals surface area contributed by atoms with E-state index in [2.05, 4.69) is 10.3 Å². The molecule has 6 heteroatoms. The monoisotopic (exact) mass is 340 g/mol. The van der Waals surface area contributed by atoms with Crippen molar-refractivity contribution in [2.24, 2.45) is 5.92 Å². The third-order valence-corrected chi connectivity index (χ3v) is 5.10. The van der Waals surface area contributed by atoms with Crippen LogP contribution >= 0.6 is 0 Å². The minimum Gasteiger partial charge on any atom is -0.349 e. The van der Waals surface area contributed by atoms with Crippen LogP contribution in [0, 0.1) is 5.92 Å². The van der Waals surface area contributed by atoms with E-state index in [1.807, 2.05) is 33.7 Å². The molecule has 2 aromatic rings. The molecule has 1 N–H and O–H groups in total. The van der Waals surface area contributed by atoms with E-state index in [9.17, 15) is 9.59 Å². The van der Waals surface area contributed by atoms with Crippen LogP contribution in [0.4, 0.5) is 0 Å². The van der Waals surface area contributed by atoms with Gasteiger partial charge in [-0.3, -0.25) is 9.59 Å². The van der Waals surface area contributed by atoms with Crippen molar-refractivity contribution in [1.29, 1.82) is 0 Å². The molecule has 1 aliphatic heterocycles. The van der Waals surface area contributed by atoms with Crippen molar-refractivity contribution in [1.82, 2.24) is 19.8 Å². The molecule has 1 aromatic heterocycles. The normalized spacial score (nSPS) is 17.7. The second kappa shape index (κ2) is 6.86. The van der Waals surface area contributed by atoms with E-state index >= 15 is 0 Å². The van der Waals surface area contributed by atoms with Gasteiger partial charge in [-0.05, 0) is 44.2 Å². The summed E-state index contributed by atoms with van der Waals surface area (Å²) >= 11 is 0. The molecule has 2 aliphatic rings. The summed E-state index contributed by atoms with van der Waals surface area (Å²) in [6.07, 6.45) is 5.34. The Morgan fingerprint density at radius 3 is 2.64 bits per heavy atom. The number of piperidine rings is 1. The molecule has 0 spiro atoms. The first kappa shape index (κ1) is 16.1. The largest absolute Gasteiger partial charge is 0.349 e. The summed E-state index contributed by atoms with van der Waals surface area (Å²) in [4.78, 5) is 31.2. The Bertz CT molecular complexity index is 788. The number of fused-ring (bicyclic) bond motifs is 1. The summed E-state index contributed by atoms with van der Waals surface area (Å²) in [5.74, 6) is 1.16. The molecular formula is C19H24N4O2. The Balaban J connectivity index is 1.55. The average molecular weight is 340 g/mol. The molecule has 0 atom stereocenters. The van der Waals surface area contributed by atoms with Gasteiger partial charge < -0.3 is 14.8 Å². The van der Waals surface area contributed by atoms with Crippen LogP contribution in [0.15, 0.2) is 24.3 Å². The quantitative estimate of drug-likeness (QED) is 0.906. The molecule has 6 nitrogen and oxygen atoms in total. The first-order valence-corrected chi connectivity index (χ1v) is 9.22. The molecule has 1 saturated carbocycles. The molecule has 1 aromatic carbocycles. The second-order valence-electron chi connectivity index (χ2n) is 7.04. The number of likely N-dealkylation sites (tertiary alicyclic amines) is 1. The lowest BCUT2D eigenvalue weighted by atomic mass is 10.1. The average Bonchev–Trinajstić information content (AvgIpc) is 3.44. The smallest absolute Gasteiger partial charge is 0.242 e. The van der Waals surface area contributed by atoms with Crippen molar-refractivity contribution >= 4 is 22.8 Å². The number of nitrogens with one attached hydrogen (secondary N) is 1. The van der Waals surface area contributed by atoms with E-state index < -0.39 is 0 Å². The predicted octanol–water partition coefficient (Wildman–Crippen LogP) is 2.07. The number of hydrogen-bond donors (Lipinski definition) is 1. The highest BCUT2D eigenvalue weighted by Gasteiger charge is 2.29. The van der Waals surface area contributed by atoms with Crippen LogP contribution in [0.2, 0.25) is 0 Å². The molecular weight excluding hydrogens is 316 g/mol. The van der Waals surface area contributed by atoms with Gasteiger partial charge in [-0.1, -0.05) is 12.1 Å². The van der Waals surface area contributed by atoms with Crippen molar-refractivity contribution in [3.8, 4) is 0 Å². The minimum atomic E-state index is 0.0981. The van der Waals surface area contributed by atoms with Gasteiger partial charge in [0.2, 0.25) is 11.8 Å². The summed E-state index contributed by atoms with van der Waals surface area (Å²) in [5, 5.41) is 2.97. The van der Waals surface area contributed by atoms with Gasteiger partial charge in [0.05, 0.1) is 17.6 Å². The van der Waals surface area contributed by atoms with E-state index in [1.165, 1.54) is 6.42 Å². The van der Waals surface area contributed by atoms with E-state index in [-0.39, 0.29) is 24.3 Å². The fraction of sp³-hybridized carbons (Fsp3) is 0.526. The molecule has 25 heavy (non-hydrogen) atoms. The van der Waals surface area contributed by atoms with Gasteiger partial charge in [-0.2, -0.15) is 0 Å². The molecule has 4 rings (SSSR count). The zero-order valence-corrected chi connectivity index (χ0v) is 14.4. The van der Waals surface area contributed by atoms with E-state index in [1.54, 1.807) is 0 Å². The Morgan fingerprint density at radius 1 is 1.12 bits per heavy atom. The molecule has 2 heterocycles. The van der Waals surface area contributed by atoms with Crippen LogP contribution in [0.1, 0.15) is 37.9 Å². The lowest BCUT2D eigenvalue weighted by Crippen LogP contribution is -2.38. The van der Waals surface area contributed by atoms with E-state index in [0.29, 0.717) is 6.54 Å². The minimum absolute atomic E-state index is 0.0981. The number of imidazole rings is 1. The summed E-state index contributed by atoms with van der Waals surface area (Å²) in [6, 6.07) is 7.83. The molecule has 0 radical (unpaired) electrons. The number of carbonyl (C=O) groups excluding carboxylic acids is 2. The molecule has 2 fully saturated rings. The third-order valence-electron chi connectivity index (χ3n) is 5.10. The van der Waals surface area contributed by atoms with Crippen LogP contribution in [0.5, 0.6) is 0 Å². The lowest BCUT2D eigenvalue weighted by molar-refractivity contribution is -0.132. The first-order chi connectivity index (χ1) is 12.2. The molecule has 0 unspecified atom stereocenters. The number of aromatic nitrogens is 2. The van der Waals surface area contributed by atoms with Crippen molar-refractivity contribution in [2.45, 2.75) is 45.2 Å². The number of rotatable bonds is 5. The highest BCUT2D eigenvalue weighted by molar-refractivity contribution is 5.82. The fourth-order valence-corrected chi connectivity index (χ4v) is 3.47. The first-order valence-electron chi connectivity index (χ1n) is 9.22. The van der Waals surface area contributed by atoms with Crippen molar-refractivity contribution in [3.63, 3.8) is 0 Å². The van der Waals surface area contributed by atoms with Gasteiger partial charge in [0.15, 0.2) is 0 Å². The third kappa shape index (κ3) is 3.52. The van der Waals surface area contributed by atoms with Crippen molar-refractivity contribution in [2.75, 3.05) is 13.1 Å². The number of amides is 2. The Morgan fingerprint density at radius 2 is 1.88 bits per heavy atom. The predicted molar refractivity (Wildman–Crippen MR) is 94.7 cm³/mol. The van der Waals surface area contributed by atoms with Crippen LogP contribution in [-0.2, 0) is 22.7 Å². The molecule has 2 amide bonds. The van der Waals surface area contributed by atoms with Gasteiger partial charge in [0.25, 0.3) is 0 Å². The maximum atomic E-state index is 12.7. The maximum absolute atomic E-state index is 12.7. The maximum Gasteiger partial charge on any atom is 0.242 e. The standard InChI is InChI=1S/C19H24N4O2/c24-18(22-10-4-1-5-11-22)13-23-16-7-3-2-6-15(16)21-17(23)12-20-19(25)14-8-9-14/h2-3,6-7,14H,1,4-5,8-13H2,(H,20,25). The molecule has 132 valence electrons. The molecule has 1 aliphatic carbocycles. The second-order valence-corrected chi connectivity index (χ2v) is 7.04. The van der Waals surface area contributed by atoms with Gasteiger partial charge in [-0.25, -0.2) is 4.98 Å². The van der Waals surface area contributed by atoms with Gasteiger partial charge in [-0.15, -0.1) is 0 Å². The summed E-state index contributed by atoms with van der Waals surface area (Å²) in [6.45, 7) is 2.35. The highest BCUT2D eigenvalue weighted by Crippen LogP contribution is 2.29. The Kier molecular flexibility index (Phi) is 4.42. The number of hydrogen-bond acceptors (Lipinski definition) is 3. The van der Waals surface area contributed by atoms with Crippen LogP contribution in [0.3, 0.4) is 0 Å². The molecule has 1 saturated heterocycles. The number of carbonyl (C=O) groups is 2. The highest BCUT2D eigenvalue weighted by atomic mass is 16.2. The Hall–Kier alpha value is -2.37. The van der Waals surface area contributed by atoms with Gasteiger partial charge in [0, 0.05) is 19.0 Å². The van der Waals surface area contributed by atoms with Crippen LogP contribution < -0.4 is 5.32 Å². The lowest BCUT2D eigenvalue weighted by Gasteiger charge is -2.27. The summed E-state index contributed by atoms with van der Waals surface area (Å²) in [5.41, 5.74) is 1.81. The topological polar surface area (TPSA) is 67.2 Å².